The molecule has 0 unspecified atom stereocenters. The van der Waals surface area contributed by atoms with Gasteiger partial charge in [-0.1, -0.05) is 29.7 Å². The van der Waals surface area contributed by atoms with Crippen LogP contribution in [0.15, 0.2) is 24.3 Å². The third-order valence-corrected chi connectivity index (χ3v) is 2.07. The van der Waals surface area contributed by atoms with Crippen LogP contribution < -0.4 is 5.46 Å². The van der Waals surface area contributed by atoms with E-state index in [1.807, 2.05) is 0 Å². The van der Waals surface area contributed by atoms with E-state index >= 15 is 0 Å². The maximum Gasteiger partial charge on any atom is 0.269 e. The van der Waals surface area contributed by atoms with Gasteiger partial charge in [0.2, 0.25) is 0 Å². The molecule has 0 amide bonds. The lowest BCUT2D eigenvalue weighted by molar-refractivity contribution is 0.482. The third-order valence-electron chi connectivity index (χ3n) is 1.39. The van der Waals surface area contributed by atoms with Crippen LogP contribution in [0.4, 0.5) is 0 Å². The van der Waals surface area contributed by atoms with Gasteiger partial charge in [-0.15, -0.1) is 0 Å². The van der Waals surface area contributed by atoms with E-state index in [4.69, 9.17) is 12.4 Å². The highest BCUT2D eigenvalue weighted by Gasteiger charge is 2.07. The zero-order valence-corrected chi connectivity index (χ0v) is 8.08. The third kappa shape index (κ3) is 4.98. The summed E-state index contributed by atoms with van der Waals surface area (Å²) in [5.74, 6) is -0.431. The number of rotatable bonds is 2. The second-order valence-electron chi connectivity index (χ2n) is 2.43. The first-order chi connectivity index (χ1) is 5.49. The van der Waals surface area contributed by atoms with Crippen molar-refractivity contribution in [3.05, 3.63) is 29.8 Å². The van der Waals surface area contributed by atoms with Crippen molar-refractivity contribution in [3.8, 4) is 0 Å². The van der Waals surface area contributed by atoms with Crippen LogP contribution in [0.25, 0.3) is 0 Å². The monoisotopic (exact) mass is 218 g/mol. The van der Waals surface area contributed by atoms with Crippen molar-refractivity contribution in [3.63, 3.8) is 0 Å². The highest BCUT2D eigenvalue weighted by Crippen LogP contribution is 2.00. The molecule has 0 saturated carbocycles. The lowest BCUT2D eigenvalue weighted by Crippen LogP contribution is -2.13. The molecule has 0 aliphatic heterocycles. The van der Waals surface area contributed by atoms with Gasteiger partial charge in [0.15, 0.2) is 0 Å². The van der Waals surface area contributed by atoms with Crippen molar-refractivity contribution in [2.24, 2.45) is 0 Å². The van der Waals surface area contributed by atoms with Crippen molar-refractivity contribution >= 4 is 23.4 Å². The van der Waals surface area contributed by atoms with Crippen molar-refractivity contribution in [1.29, 1.82) is 0 Å². The Morgan fingerprint density at radius 1 is 1.21 bits per heavy atom. The topological polar surface area (TPSA) is 117 Å². The molecule has 0 atom stereocenters. The Labute approximate surface area is 83.5 Å². The fourth-order valence-corrected chi connectivity index (χ4v) is 1.52. The average molecular weight is 218 g/mol. The molecule has 1 rings (SSSR count). The van der Waals surface area contributed by atoms with Gasteiger partial charge in [-0.2, -0.15) is 8.42 Å². The average Bonchev–Trinajstić information content (AvgIpc) is 1.91. The Hall–Kier alpha value is -0.885. The molecule has 0 aliphatic carbocycles. The van der Waals surface area contributed by atoms with E-state index in [2.05, 4.69) is 0 Å². The first-order valence-electron chi connectivity index (χ1n) is 3.27. The zero-order chi connectivity index (χ0) is 9.19. The van der Waals surface area contributed by atoms with E-state index in [0.717, 1.165) is 0 Å². The Kier molecular flexibility index (Phi) is 6.41. The van der Waals surface area contributed by atoms with Crippen LogP contribution in [0.2, 0.25) is 0 Å². The first-order valence-corrected chi connectivity index (χ1v) is 4.88. The van der Waals surface area contributed by atoms with Gasteiger partial charge in [-0.25, -0.2) is 0 Å². The summed E-state index contributed by atoms with van der Waals surface area (Å²) in [5.41, 5.74) is 0.787. The normalized spacial score (nSPS) is 9.79. The molecule has 7 heteroatoms. The van der Waals surface area contributed by atoms with Gasteiger partial charge in [-0.3, -0.25) is 4.55 Å². The summed E-state index contributed by atoms with van der Waals surface area (Å²) in [6, 6.07) is 6.50. The molecule has 0 aliphatic rings. The van der Waals surface area contributed by atoms with Gasteiger partial charge in [-0.05, 0) is 5.56 Å². The minimum Gasteiger partial charge on any atom is -0.412 e. The van der Waals surface area contributed by atoms with E-state index in [9.17, 15) is 8.42 Å². The number of hydrogen-bond acceptors (Lipinski definition) is 2. The summed E-state index contributed by atoms with van der Waals surface area (Å²) in [6.07, 6.45) is 0. The van der Waals surface area contributed by atoms with Crippen molar-refractivity contribution in [2.75, 3.05) is 0 Å². The summed E-state index contributed by atoms with van der Waals surface area (Å²) >= 11 is 0. The Morgan fingerprint density at radius 3 is 2.14 bits per heavy atom. The van der Waals surface area contributed by atoms with Gasteiger partial charge in [0.05, 0.1) is 5.75 Å². The summed E-state index contributed by atoms with van der Waals surface area (Å²) in [6.45, 7) is 0. The lowest BCUT2D eigenvalue weighted by Gasteiger charge is -2.01. The molecule has 0 aromatic heterocycles. The van der Waals surface area contributed by atoms with Crippen LogP contribution in [0, 0.1) is 0 Å². The maximum atomic E-state index is 10.5. The van der Waals surface area contributed by atoms with Crippen molar-refractivity contribution < 1.29 is 23.9 Å². The van der Waals surface area contributed by atoms with Crippen LogP contribution >= 0.6 is 0 Å². The lowest BCUT2D eigenvalue weighted by atomic mass is 9.92. The predicted molar refractivity (Wildman–Crippen MR) is 54.3 cm³/mol. The fraction of sp³-hybridized carbons (Fsp3) is 0.143. The molecule has 0 bridgehead atoms. The molecule has 78 valence electrons. The quantitative estimate of drug-likeness (QED) is 0.466. The van der Waals surface area contributed by atoms with E-state index < -0.39 is 15.9 Å². The molecular formula is C7H11BO5S. The molecule has 5 nitrogen and oxygen atoms in total. The van der Waals surface area contributed by atoms with Gasteiger partial charge < -0.3 is 11.0 Å². The molecule has 0 heterocycles. The van der Waals surface area contributed by atoms with Gasteiger partial charge in [0.25, 0.3) is 10.1 Å². The largest absolute Gasteiger partial charge is 0.412 e. The SMILES string of the molecule is O.O.[B]c1ccccc1CS(=O)(=O)O. The second kappa shape index (κ2) is 5.76. The molecule has 2 radical (unpaired) electrons. The highest BCUT2D eigenvalue weighted by molar-refractivity contribution is 7.85. The Balaban J connectivity index is 0. The summed E-state index contributed by atoms with van der Waals surface area (Å²) < 4.78 is 29.4. The smallest absolute Gasteiger partial charge is 0.269 e. The van der Waals surface area contributed by atoms with Crippen molar-refractivity contribution in [1.82, 2.24) is 0 Å². The number of benzene rings is 1. The summed E-state index contributed by atoms with van der Waals surface area (Å²) in [5, 5.41) is 0. The van der Waals surface area contributed by atoms with Gasteiger partial charge >= 0.3 is 0 Å². The van der Waals surface area contributed by atoms with E-state index in [1.165, 1.54) is 0 Å². The zero-order valence-electron chi connectivity index (χ0n) is 7.27. The molecule has 1 aromatic rings. The van der Waals surface area contributed by atoms with Crippen LogP contribution in [0.5, 0.6) is 0 Å². The molecule has 0 fully saturated rings. The van der Waals surface area contributed by atoms with Crippen LogP contribution in [-0.4, -0.2) is 31.8 Å². The second-order valence-corrected chi connectivity index (χ2v) is 3.88. The van der Waals surface area contributed by atoms with Gasteiger partial charge in [0.1, 0.15) is 7.85 Å². The van der Waals surface area contributed by atoms with Crippen LogP contribution in [0.3, 0.4) is 0 Å². The fourth-order valence-electron chi connectivity index (χ4n) is 0.862. The van der Waals surface area contributed by atoms with Crippen LogP contribution in [0.1, 0.15) is 5.56 Å². The van der Waals surface area contributed by atoms with E-state index in [-0.39, 0.29) is 11.0 Å². The minimum absolute atomic E-state index is 0. The minimum atomic E-state index is -3.98. The predicted octanol–water partition coefficient (Wildman–Crippen LogP) is -1.78. The highest BCUT2D eigenvalue weighted by atomic mass is 32.2. The van der Waals surface area contributed by atoms with Crippen molar-refractivity contribution in [2.45, 2.75) is 5.75 Å². The number of hydrogen-bond donors (Lipinski definition) is 1. The summed E-state index contributed by atoms with van der Waals surface area (Å²) in [7, 11) is 1.47. The molecule has 1 aromatic carbocycles. The molecular weight excluding hydrogens is 207 g/mol. The Bertz CT molecular complexity index is 375. The Morgan fingerprint density at radius 2 is 1.71 bits per heavy atom. The maximum absolute atomic E-state index is 10.5. The van der Waals surface area contributed by atoms with Crippen LogP contribution in [-0.2, 0) is 15.9 Å². The van der Waals surface area contributed by atoms with E-state index in [0.29, 0.717) is 11.0 Å². The summed E-state index contributed by atoms with van der Waals surface area (Å²) in [4.78, 5) is 0. The molecule has 5 N–H and O–H groups in total. The molecule has 0 spiro atoms. The first kappa shape index (κ1) is 15.6. The molecule has 0 saturated heterocycles. The molecule has 14 heavy (non-hydrogen) atoms. The van der Waals surface area contributed by atoms with Gasteiger partial charge in [0, 0.05) is 0 Å². The van der Waals surface area contributed by atoms with E-state index in [1.54, 1.807) is 24.3 Å². The standard InChI is InChI=1S/C7H7BO3S.2H2O/c8-7-4-2-1-3-6(7)5-12(9,10)11;;/h1-4H,5H2,(H,9,10,11);2*1H2.